The third kappa shape index (κ3) is 4.42. The number of pyridine rings is 1. The lowest BCUT2D eigenvalue weighted by atomic mass is 9.97. The van der Waals surface area contributed by atoms with Crippen molar-refractivity contribution in [3.63, 3.8) is 0 Å². The molecule has 1 aliphatic rings. The van der Waals surface area contributed by atoms with E-state index >= 15 is 0 Å². The van der Waals surface area contributed by atoms with Crippen molar-refractivity contribution in [1.29, 1.82) is 0 Å². The highest BCUT2D eigenvalue weighted by Crippen LogP contribution is 2.39. The Hall–Kier alpha value is -1.13. The number of nitrogens with one attached hydrogen (secondary N) is 1. The molecule has 1 N–H and O–H groups in total. The van der Waals surface area contributed by atoms with Crippen LogP contribution in [-0.4, -0.2) is 28.3 Å². The van der Waals surface area contributed by atoms with Gasteiger partial charge in [0.25, 0.3) is 0 Å². The van der Waals surface area contributed by atoms with E-state index in [-0.39, 0.29) is 17.3 Å². The van der Waals surface area contributed by atoms with Crippen LogP contribution < -0.4 is 10.1 Å². The highest BCUT2D eigenvalue weighted by atomic mass is 16.6. The molecule has 0 aliphatic carbocycles. The zero-order chi connectivity index (χ0) is 15.7. The van der Waals surface area contributed by atoms with Crippen LogP contribution in [0.4, 0.5) is 0 Å². The zero-order valence-electron chi connectivity index (χ0n) is 14.1. The molecule has 4 heteroatoms. The molecule has 2 rings (SSSR count). The predicted molar refractivity (Wildman–Crippen MR) is 84.5 cm³/mol. The van der Waals surface area contributed by atoms with Gasteiger partial charge in [0.15, 0.2) is 0 Å². The fraction of sp³-hybridized carbons (Fsp3) is 0.706. The summed E-state index contributed by atoms with van der Waals surface area (Å²) in [5, 5.41) is 3.35. The molecular formula is C17H28N2O2. The molecule has 118 valence electrons. The summed E-state index contributed by atoms with van der Waals surface area (Å²) >= 11 is 0. The van der Waals surface area contributed by atoms with E-state index in [9.17, 15) is 0 Å². The lowest BCUT2D eigenvalue weighted by molar-refractivity contribution is -0.0846. The van der Waals surface area contributed by atoms with Crippen molar-refractivity contribution in [3.8, 4) is 5.75 Å². The minimum absolute atomic E-state index is 0.0499. The SMILES string of the molecule is CC(C)NCc1ccc(OC2CC(C)(C)OC2(C)C)cn1. The molecule has 0 spiro atoms. The first kappa shape index (κ1) is 16.2. The molecule has 1 unspecified atom stereocenters. The van der Waals surface area contributed by atoms with E-state index in [1.807, 2.05) is 12.1 Å². The Morgan fingerprint density at radius 2 is 2.05 bits per heavy atom. The number of aromatic nitrogens is 1. The first-order valence-corrected chi connectivity index (χ1v) is 7.73. The molecule has 2 heterocycles. The number of hydrogen-bond donors (Lipinski definition) is 1. The van der Waals surface area contributed by atoms with Crippen LogP contribution in [0.25, 0.3) is 0 Å². The predicted octanol–water partition coefficient (Wildman–Crippen LogP) is 3.30. The van der Waals surface area contributed by atoms with Gasteiger partial charge in [0.2, 0.25) is 0 Å². The molecule has 0 radical (unpaired) electrons. The monoisotopic (exact) mass is 292 g/mol. The lowest BCUT2D eigenvalue weighted by Gasteiger charge is -2.27. The van der Waals surface area contributed by atoms with Crippen LogP contribution in [0.1, 0.15) is 53.7 Å². The molecule has 0 bridgehead atoms. The fourth-order valence-corrected chi connectivity index (χ4v) is 2.75. The minimum atomic E-state index is -0.276. The maximum atomic E-state index is 6.10. The number of ether oxygens (including phenoxy) is 2. The summed E-state index contributed by atoms with van der Waals surface area (Å²) in [6.45, 7) is 13.4. The summed E-state index contributed by atoms with van der Waals surface area (Å²) in [6.07, 6.45) is 2.74. The lowest BCUT2D eigenvalue weighted by Crippen LogP contribution is -2.36. The zero-order valence-corrected chi connectivity index (χ0v) is 14.1. The average Bonchev–Trinajstić information content (AvgIpc) is 2.56. The van der Waals surface area contributed by atoms with Gasteiger partial charge in [0.1, 0.15) is 17.5 Å². The Labute approximate surface area is 128 Å². The number of hydrogen-bond acceptors (Lipinski definition) is 4. The van der Waals surface area contributed by atoms with Gasteiger partial charge in [-0.15, -0.1) is 0 Å². The summed E-state index contributed by atoms with van der Waals surface area (Å²) in [7, 11) is 0. The standard InChI is InChI=1S/C17H28N2O2/c1-12(2)18-10-13-7-8-14(11-19-13)20-15-9-16(3,4)21-17(15,5)6/h7-8,11-12,15,18H,9-10H2,1-6H3. The second kappa shape index (κ2) is 5.93. The highest BCUT2D eigenvalue weighted by molar-refractivity contribution is 5.21. The van der Waals surface area contributed by atoms with Crippen LogP contribution in [0, 0.1) is 0 Å². The Balaban J connectivity index is 1.97. The Kier molecular flexibility index (Phi) is 4.59. The van der Waals surface area contributed by atoms with Gasteiger partial charge in [-0.2, -0.15) is 0 Å². The van der Waals surface area contributed by atoms with Gasteiger partial charge >= 0.3 is 0 Å². The number of nitrogens with zero attached hydrogens (tertiary/aromatic N) is 1. The second-order valence-electron chi connectivity index (χ2n) is 7.30. The molecule has 21 heavy (non-hydrogen) atoms. The Morgan fingerprint density at radius 1 is 1.33 bits per heavy atom. The van der Waals surface area contributed by atoms with Gasteiger partial charge in [-0.3, -0.25) is 4.98 Å². The Morgan fingerprint density at radius 3 is 2.52 bits per heavy atom. The van der Waals surface area contributed by atoms with Crippen molar-refractivity contribution in [2.24, 2.45) is 0 Å². The summed E-state index contributed by atoms with van der Waals surface area (Å²) in [6, 6.07) is 4.46. The molecule has 4 nitrogen and oxygen atoms in total. The van der Waals surface area contributed by atoms with Crippen molar-refractivity contribution >= 4 is 0 Å². The summed E-state index contributed by atoms with van der Waals surface area (Å²) in [4.78, 5) is 4.45. The molecule has 1 aliphatic heterocycles. The van der Waals surface area contributed by atoms with Crippen molar-refractivity contribution in [2.75, 3.05) is 0 Å². The normalized spacial score (nSPS) is 23.5. The van der Waals surface area contributed by atoms with Crippen LogP contribution in [0.3, 0.4) is 0 Å². The summed E-state index contributed by atoms with van der Waals surface area (Å²) in [5.41, 5.74) is 0.614. The van der Waals surface area contributed by atoms with Gasteiger partial charge in [-0.25, -0.2) is 0 Å². The second-order valence-corrected chi connectivity index (χ2v) is 7.30. The summed E-state index contributed by atoms with van der Waals surface area (Å²) < 4.78 is 12.2. The Bertz CT molecular complexity index is 466. The molecule has 1 saturated heterocycles. The maximum Gasteiger partial charge on any atom is 0.138 e. The largest absolute Gasteiger partial charge is 0.486 e. The van der Waals surface area contributed by atoms with E-state index in [4.69, 9.17) is 9.47 Å². The summed E-state index contributed by atoms with van der Waals surface area (Å²) in [5.74, 6) is 0.808. The van der Waals surface area contributed by atoms with Gasteiger partial charge in [-0.05, 0) is 39.8 Å². The molecule has 1 atom stereocenters. The third-order valence-corrected chi connectivity index (χ3v) is 3.76. The van der Waals surface area contributed by atoms with Crippen LogP contribution >= 0.6 is 0 Å². The van der Waals surface area contributed by atoms with E-state index < -0.39 is 0 Å². The number of rotatable bonds is 5. The van der Waals surface area contributed by atoms with Gasteiger partial charge in [-0.1, -0.05) is 13.8 Å². The molecule has 0 saturated carbocycles. The van der Waals surface area contributed by atoms with E-state index in [2.05, 4.69) is 51.8 Å². The molecule has 1 aromatic rings. The van der Waals surface area contributed by atoms with E-state index in [0.717, 1.165) is 24.4 Å². The van der Waals surface area contributed by atoms with Crippen LogP contribution in [0.15, 0.2) is 18.3 Å². The van der Waals surface area contributed by atoms with Crippen molar-refractivity contribution in [3.05, 3.63) is 24.0 Å². The maximum absolute atomic E-state index is 6.10. The first-order chi connectivity index (χ1) is 9.68. The van der Waals surface area contributed by atoms with E-state index in [1.54, 1.807) is 6.20 Å². The van der Waals surface area contributed by atoms with Crippen LogP contribution in [-0.2, 0) is 11.3 Å². The topological polar surface area (TPSA) is 43.4 Å². The van der Waals surface area contributed by atoms with Crippen molar-refractivity contribution in [1.82, 2.24) is 10.3 Å². The van der Waals surface area contributed by atoms with Crippen molar-refractivity contribution in [2.45, 2.75) is 77.9 Å². The minimum Gasteiger partial charge on any atom is -0.486 e. The first-order valence-electron chi connectivity index (χ1n) is 7.73. The highest BCUT2D eigenvalue weighted by Gasteiger charge is 2.47. The van der Waals surface area contributed by atoms with Crippen molar-refractivity contribution < 1.29 is 9.47 Å². The fourth-order valence-electron chi connectivity index (χ4n) is 2.75. The van der Waals surface area contributed by atoms with E-state index in [1.165, 1.54) is 0 Å². The van der Waals surface area contributed by atoms with Crippen LogP contribution in [0.2, 0.25) is 0 Å². The van der Waals surface area contributed by atoms with E-state index in [0.29, 0.717) is 6.04 Å². The van der Waals surface area contributed by atoms with Gasteiger partial charge in [0.05, 0.1) is 17.5 Å². The van der Waals surface area contributed by atoms with Gasteiger partial charge in [0, 0.05) is 19.0 Å². The quantitative estimate of drug-likeness (QED) is 0.904. The molecule has 1 aromatic heterocycles. The smallest absolute Gasteiger partial charge is 0.138 e. The molecular weight excluding hydrogens is 264 g/mol. The molecule has 0 amide bonds. The third-order valence-electron chi connectivity index (χ3n) is 3.76. The van der Waals surface area contributed by atoms with Gasteiger partial charge < -0.3 is 14.8 Å². The molecule has 0 aromatic carbocycles. The molecule has 1 fully saturated rings. The average molecular weight is 292 g/mol. The van der Waals surface area contributed by atoms with Crippen LogP contribution in [0.5, 0.6) is 5.75 Å².